The summed E-state index contributed by atoms with van der Waals surface area (Å²) in [6.07, 6.45) is -4.04. The maximum atomic E-state index is 13.2. The van der Waals surface area contributed by atoms with Crippen molar-refractivity contribution in [2.75, 3.05) is 27.2 Å². The fraction of sp³-hybridized carbons (Fsp3) is 0.615. The number of carbonyl (C=O) groups is 1. The van der Waals surface area contributed by atoms with Crippen molar-refractivity contribution < 1.29 is 26.8 Å². The van der Waals surface area contributed by atoms with Gasteiger partial charge in [0, 0.05) is 13.1 Å². The van der Waals surface area contributed by atoms with E-state index in [0.717, 1.165) is 0 Å². The van der Waals surface area contributed by atoms with Crippen molar-refractivity contribution in [3.63, 3.8) is 0 Å². The maximum absolute atomic E-state index is 13.2. The second-order valence-corrected chi connectivity index (χ2v) is 4.97. The number of likely N-dealkylation sites (N-methyl/N-ethyl adjacent to an activating group) is 1. The first-order valence-electron chi connectivity index (χ1n) is 6.30. The lowest BCUT2D eigenvalue weighted by Crippen LogP contribution is -2.49. The van der Waals surface area contributed by atoms with Gasteiger partial charge in [0.2, 0.25) is 0 Å². The molecule has 0 spiro atoms. The molecule has 0 aliphatic carbocycles. The molecule has 1 aromatic heterocycles. The standard InChI is InChI=1S/C13H18F4N2O2/c1-9-4-5-10(21-9)8-19(7-6-18(2)3)12(20)13(16,17)11(14)15/h4-5,11H,6-8H2,1-3H3. The van der Waals surface area contributed by atoms with Gasteiger partial charge in [0.05, 0.1) is 6.54 Å². The maximum Gasteiger partial charge on any atom is 0.383 e. The zero-order valence-corrected chi connectivity index (χ0v) is 12.1. The first-order chi connectivity index (χ1) is 9.64. The number of rotatable bonds is 7. The molecule has 21 heavy (non-hydrogen) atoms. The summed E-state index contributed by atoms with van der Waals surface area (Å²) in [5.41, 5.74) is 0. The molecule has 0 aliphatic heterocycles. The molecular formula is C13H18F4N2O2. The normalized spacial score (nSPS) is 12.2. The van der Waals surface area contributed by atoms with Crippen molar-refractivity contribution in [2.45, 2.75) is 25.8 Å². The quantitative estimate of drug-likeness (QED) is 0.726. The van der Waals surface area contributed by atoms with E-state index in [1.54, 1.807) is 32.0 Å². The zero-order valence-electron chi connectivity index (χ0n) is 12.1. The van der Waals surface area contributed by atoms with Gasteiger partial charge in [-0.3, -0.25) is 4.79 Å². The topological polar surface area (TPSA) is 36.7 Å². The van der Waals surface area contributed by atoms with E-state index in [0.29, 0.717) is 10.7 Å². The highest BCUT2D eigenvalue weighted by Crippen LogP contribution is 2.26. The predicted molar refractivity (Wildman–Crippen MR) is 68.4 cm³/mol. The molecule has 0 N–H and O–H groups in total. The van der Waals surface area contributed by atoms with E-state index >= 15 is 0 Å². The van der Waals surface area contributed by atoms with Crippen LogP contribution in [0, 0.1) is 6.92 Å². The molecule has 1 aromatic rings. The summed E-state index contributed by atoms with van der Waals surface area (Å²) in [5.74, 6) is -5.78. The fourth-order valence-electron chi connectivity index (χ4n) is 1.64. The van der Waals surface area contributed by atoms with Gasteiger partial charge in [-0.15, -0.1) is 0 Å². The summed E-state index contributed by atoms with van der Waals surface area (Å²) in [4.78, 5) is 14.0. The van der Waals surface area contributed by atoms with Gasteiger partial charge in [-0.1, -0.05) is 0 Å². The van der Waals surface area contributed by atoms with Crippen LogP contribution in [0.1, 0.15) is 11.5 Å². The summed E-state index contributed by atoms with van der Waals surface area (Å²) in [6.45, 7) is 1.55. The van der Waals surface area contributed by atoms with Crippen LogP contribution in [0.2, 0.25) is 0 Å². The number of alkyl halides is 4. The minimum absolute atomic E-state index is 0.103. The van der Waals surface area contributed by atoms with Gasteiger partial charge in [0.15, 0.2) is 0 Å². The smallest absolute Gasteiger partial charge is 0.383 e. The summed E-state index contributed by atoms with van der Waals surface area (Å²) in [7, 11) is 3.37. The molecular weight excluding hydrogens is 292 g/mol. The minimum atomic E-state index is -4.70. The van der Waals surface area contributed by atoms with Crippen LogP contribution < -0.4 is 0 Å². The van der Waals surface area contributed by atoms with E-state index in [-0.39, 0.29) is 25.4 Å². The van der Waals surface area contributed by atoms with E-state index in [9.17, 15) is 22.4 Å². The Morgan fingerprint density at radius 3 is 2.33 bits per heavy atom. The number of hydrogen-bond donors (Lipinski definition) is 0. The van der Waals surface area contributed by atoms with Crippen LogP contribution in [0.25, 0.3) is 0 Å². The Morgan fingerprint density at radius 1 is 1.29 bits per heavy atom. The molecule has 1 heterocycles. The Bertz CT molecular complexity index is 474. The van der Waals surface area contributed by atoms with Crippen molar-refractivity contribution in [1.29, 1.82) is 0 Å². The van der Waals surface area contributed by atoms with E-state index < -0.39 is 18.3 Å². The highest BCUT2D eigenvalue weighted by molar-refractivity contribution is 5.84. The highest BCUT2D eigenvalue weighted by Gasteiger charge is 2.51. The van der Waals surface area contributed by atoms with Crippen LogP contribution in [0.4, 0.5) is 17.6 Å². The predicted octanol–water partition coefficient (Wildman–Crippen LogP) is 2.38. The second kappa shape index (κ2) is 6.93. The Hall–Kier alpha value is -1.57. The van der Waals surface area contributed by atoms with Crippen LogP contribution in [0.15, 0.2) is 16.5 Å². The lowest BCUT2D eigenvalue weighted by atomic mass is 10.2. The highest BCUT2D eigenvalue weighted by atomic mass is 19.3. The number of amides is 1. The van der Waals surface area contributed by atoms with Gasteiger partial charge in [-0.05, 0) is 33.2 Å². The van der Waals surface area contributed by atoms with Crippen LogP contribution in [-0.2, 0) is 11.3 Å². The molecule has 0 bridgehead atoms. The molecule has 0 unspecified atom stereocenters. The number of nitrogens with zero attached hydrogens (tertiary/aromatic N) is 2. The monoisotopic (exact) mass is 310 g/mol. The first kappa shape index (κ1) is 17.5. The lowest BCUT2D eigenvalue weighted by Gasteiger charge is -2.27. The van der Waals surface area contributed by atoms with E-state index in [1.807, 2.05) is 0 Å². The Kier molecular flexibility index (Phi) is 5.77. The third-order valence-electron chi connectivity index (χ3n) is 2.81. The van der Waals surface area contributed by atoms with Gasteiger partial charge >= 0.3 is 12.3 Å². The molecule has 0 saturated heterocycles. The molecule has 0 aromatic carbocycles. The Morgan fingerprint density at radius 2 is 1.90 bits per heavy atom. The van der Waals surface area contributed by atoms with Crippen molar-refractivity contribution in [3.05, 3.63) is 23.7 Å². The molecule has 0 saturated carbocycles. The van der Waals surface area contributed by atoms with Gasteiger partial charge in [-0.2, -0.15) is 8.78 Å². The van der Waals surface area contributed by atoms with Crippen molar-refractivity contribution in [2.24, 2.45) is 0 Å². The molecule has 8 heteroatoms. The minimum Gasteiger partial charge on any atom is -0.464 e. The number of carbonyl (C=O) groups excluding carboxylic acids is 1. The van der Waals surface area contributed by atoms with E-state index in [4.69, 9.17) is 4.42 Å². The number of aryl methyl sites for hydroxylation is 1. The lowest BCUT2D eigenvalue weighted by molar-refractivity contribution is -0.181. The molecule has 1 rings (SSSR count). The largest absolute Gasteiger partial charge is 0.464 e. The molecule has 120 valence electrons. The molecule has 0 aliphatic rings. The van der Waals surface area contributed by atoms with Crippen LogP contribution in [-0.4, -0.2) is 55.2 Å². The number of hydrogen-bond acceptors (Lipinski definition) is 3. The Labute approximate surface area is 120 Å². The summed E-state index contributed by atoms with van der Waals surface area (Å²) >= 11 is 0. The molecule has 4 nitrogen and oxygen atoms in total. The van der Waals surface area contributed by atoms with Gasteiger partial charge in [-0.25, -0.2) is 8.78 Å². The zero-order chi connectivity index (χ0) is 16.2. The Balaban J connectivity index is 2.88. The van der Waals surface area contributed by atoms with Crippen molar-refractivity contribution in [1.82, 2.24) is 9.80 Å². The fourth-order valence-corrected chi connectivity index (χ4v) is 1.64. The average molecular weight is 310 g/mol. The van der Waals surface area contributed by atoms with E-state index in [2.05, 4.69) is 0 Å². The van der Waals surface area contributed by atoms with Gasteiger partial charge in [0.25, 0.3) is 5.91 Å². The molecule has 1 amide bonds. The first-order valence-corrected chi connectivity index (χ1v) is 6.30. The summed E-state index contributed by atoms with van der Waals surface area (Å²) in [5, 5.41) is 0. The second-order valence-electron chi connectivity index (χ2n) is 4.97. The van der Waals surface area contributed by atoms with Crippen molar-refractivity contribution in [3.8, 4) is 0 Å². The SMILES string of the molecule is Cc1ccc(CN(CCN(C)C)C(=O)C(F)(F)C(F)F)o1. The number of furan rings is 1. The van der Waals surface area contributed by atoms with Crippen LogP contribution in [0.5, 0.6) is 0 Å². The number of halogens is 4. The summed E-state index contributed by atoms with van der Waals surface area (Å²) < 4.78 is 56.3. The molecule has 0 fully saturated rings. The third-order valence-corrected chi connectivity index (χ3v) is 2.81. The van der Waals surface area contributed by atoms with Crippen LogP contribution in [0.3, 0.4) is 0 Å². The summed E-state index contributed by atoms with van der Waals surface area (Å²) in [6, 6.07) is 3.13. The van der Waals surface area contributed by atoms with Gasteiger partial charge in [0.1, 0.15) is 11.5 Å². The van der Waals surface area contributed by atoms with E-state index in [1.165, 1.54) is 6.07 Å². The van der Waals surface area contributed by atoms with Crippen molar-refractivity contribution >= 4 is 5.91 Å². The molecule has 0 radical (unpaired) electrons. The van der Waals surface area contributed by atoms with Crippen LogP contribution >= 0.6 is 0 Å². The third kappa shape index (κ3) is 4.73. The molecule has 0 atom stereocenters. The van der Waals surface area contributed by atoms with Gasteiger partial charge < -0.3 is 14.2 Å². The average Bonchev–Trinajstić information content (AvgIpc) is 2.78.